The number of carbonyl (C=O) groups is 1. The van der Waals surface area contributed by atoms with E-state index in [1.54, 1.807) is 10.9 Å². The minimum Gasteiger partial charge on any atom is -0.349 e. The van der Waals surface area contributed by atoms with Crippen LogP contribution in [0.5, 0.6) is 0 Å². The fourth-order valence-electron chi connectivity index (χ4n) is 1.89. The van der Waals surface area contributed by atoms with E-state index in [0.717, 1.165) is 19.6 Å². The Balaban J connectivity index is 1.70. The van der Waals surface area contributed by atoms with Gasteiger partial charge in [0.2, 0.25) is 0 Å². The van der Waals surface area contributed by atoms with Gasteiger partial charge in [0.25, 0.3) is 5.91 Å². The van der Waals surface area contributed by atoms with E-state index in [2.05, 4.69) is 20.5 Å². The van der Waals surface area contributed by atoms with Gasteiger partial charge < -0.3 is 11.1 Å². The zero-order valence-corrected chi connectivity index (χ0v) is 11.7. The fraction of sp³-hybridized carbons (Fsp3) is 0.727. The molecule has 19 heavy (non-hydrogen) atoms. The average molecular weight is 284 g/mol. The van der Waals surface area contributed by atoms with Crippen LogP contribution in [-0.4, -0.2) is 70.0 Å². The summed E-state index contributed by atoms with van der Waals surface area (Å²) in [5, 5.41) is 10.5. The van der Waals surface area contributed by atoms with E-state index in [0.29, 0.717) is 25.3 Å². The number of nitrogens with zero attached hydrogens (tertiary/aromatic N) is 4. The second kappa shape index (κ2) is 7.46. The largest absolute Gasteiger partial charge is 0.349 e. The van der Waals surface area contributed by atoms with Gasteiger partial charge in [0.1, 0.15) is 0 Å². The molecule has 2 rings (SSSR count). The van der Waals surface area contributed by atoms with Gasteiger partial charge >= 0.3 is 0 Å². The maximum absolute atomic E-state index is 11.8. The van der Waals surface area contributed by atoms with Crippen LogP contribution in [0.1, 0.15) is 10.5 Å². The molecule has 1 aromatic heterocycles. The van der Waals surface area contributed by atoms with Gasteiger partial charge in [-0.05, 0) is 0 Å². The van der Waals surface area contributed by atoms with Crippen molar-refractivity contribution >= 4 is 17.7 Å². The van der Waals surface area contributed by atoms with Crippen molar-refractivity contribution in [2.24, 2.45) is 5.73 Å². The number of amides is 1. The number of carbonyl (C=O) groups excluding carboxylic acids is 1. The summed E-state index contributed by atoms with van der Waals surface area (Å²) in [6, 6.07) is 0. The predicted octanol–water partition coefficient (Wildman–Crippen LogP) is -0.985. The first-order valence-corrected chi connectivity index (χ1v) is 7.63. The van der Waals surface area contributed by atoms with Gasteiger partial charge in [-0.3, -0.25) is 14.4 Å². The van der Waals surface area contributed by atoms with Crippen molar-refractivity contribution < 1.29 is 4.79 Å². The Morgan fingerprint density at radius 2 is 2.21 bits per heavy atom. The van der Waals surface area contributed by atoms with Crippen molar-refractivity contribution in [1.29, 1.82) is 0 Å². The standard InChI is InChI=1S/C11H20N6OS/c12-1-3-17-9-10(14-15-17)11(18)13-2-4-16-5-7-19-8-6-16/h9H,1-8,12H2,(H,13,18). The number of nitrogens with two attached hydrogens (primary N) is 1. The second-order valence-corrected chi connectivity index (χ2v) is 5.59. The van der Waals surface area contributed by atoms with E-state index in [1.807, 2.05) is 11.8 Å². The first-order valence-electron chi connectivity index (χ1n) is 6.48. The number of rotatable bonds is 6. The highest BCUT2D eigenvalue weighted by Crippen LogP contribution is 2.07. The van der Waals surface area contributed by atoms with Gasteiger partial charge in [-0.15, -0.1) is 5.10 Å². The third-order valence-corrected chi connectivity index (χ3v) is 3.89. The van der Waals surface area contributed by atoms with E-state index in [9.17, 15) is 4.79 Å². The number of hydrogen-bond acceptors (Lipinski definition) is 6. The molecule has 0 aromatic carbocycles. The first kappa shape index (κ1) is 14.3. The van der Waals surface area contributed by atoms with Gasteiger partial charge in [-0.2, -0.15) is 11.8 Å². The molecule has 7 nitrogen and oxygen atoms in total. The molecule has 1 saturated heterocycles. The third kappa shape index (κ3) is 4.48. The summed E-state index contributed by atoms with van der Waals surface area (Å²) in [6.45, 7) is 4.81. The van der Waals surface area contributed by atoms with Crippen LogP contribution in [0, 0.1) is 0 Å². The Morgan fingerprint density at radius 1 is 1.42 bits per heavy atom. The lowest BCUT2D eigenvalue weighted by atomic mass is 10.4. The molecule has 1 fully saturated rings. The van der Waals surface area contributed by atoms with Crippen molar-refractivity contribution in [2.75, 3.05) is 44.2 Å². The molecule has 0 bridgehead atoms. The number of hydrogen-bond donors (Lipinski definition) is 2. The lowest BCUT2D eigenvalue weighted by Crippen LogP contribution is -2.39. The summed E-state index contributed by atoms with van der Waals surface area (Å²) in [5.74, 6) is 2.19. The minimum absolute atomic E-state index is 0.172. The average Bonchev–Trinajstić information content (AvgIpc) is 2.89. The summed E-state index contributed by atoms with van der Waals surface area (Å²) < 4.78 is 1.58. The summed E-state index contributed by atoms with van der Waals surface area (Å²) >= 11 is 1.98. The molecule has 3 N–H and O–H groups in total. The van der Waals surface area contributed by atoms with E-state index >= 15 is 0 Å². The molecule has 0 spiro atoms. The minimum atomic E-state index is -0.172. The Labute approximate surface area is 116 Å². The highest BCUT2D eigenvalue weighted by atomic mass is 32.2. The quantitative estimate of drug-likeness (QED) is 0.698. The zero-order chi connectivity index (χ0) is 13.5. The smallest absolute Gasteiger partial charge is 0.273 e. The summed E-state index contributed by atoms with van der Waals surface area (Å²) in [7, 11) is 0. The fourth-order valence-corrected chi connectivity index (χ4v) is 2.87. The van der Waals surface area contributed by atoms with Crippen LogP contribution in [0.25, 0.3) is 0 Å². The molecule has 1 aliphatic heterocycles. The number of thioether (sulfide) groups is 1. The van der Waals surface area contributed by atoms with E-state index in [-0.39, 0.29) is 5.91 Å². The number of nitrogens with one attached hydrogen (secondary N) is 1. The van der Waals surface area contributed by atoms with E-state index < -0.39 is 0 Å². The van der Waals surface area contributed by atoms with Crippen molar-refractivity contribution in [1.82, 2.24) is 25.2 Å². The Hall–Kier alpha value is -1.12. The molecule has 8 heteroatoms. The summed E-state index contributed by atoms with van der Waals surface area (Å²) in [5.41, 5.74) is 5.76. The van der Waals surface area contributed by atoms with Gasteiger partial charge in [-0.1, -0.05) is 5.21 Å². The third-order valence-electron chi connectivity index (χ3n) is 2.95. The molecule has 2 heterocycles. The Morgan fingerprint density at radius 3 is 2.95 bits per heavy atom. The van der Waals surface area contributed by atoms with Crippen molar-refractivity contribution in [3.63, 3.8) is 0 Å². The maximum Gasteiger partial charge on any atom is 0.273 e. The van der Waals surface area contributed by atoms with Crippen molar-refractivity contribution in [2.45, 2.75) is 6.54 Å². The van der Waals surface area contributed by atoms with Crippen LogP contribution < -0.4 is 11.1 Å². The van der Waals surface area contributed by atoms with Crippen LogP contribution in [0.4, 0.5) is 0 Å². The Kier molecular flexibility index (Phi) is 5.62. The SMILES string of the molecule is NCCn1cc(C(=O)NCCN2CCSCC2)nn1. The highest BCUT2D eigenvalue weighted by Gasteiger charge is 2.12. The van der Waals surface area contributed by atoms with Crippen LogP contribution in [-0.2, 0) is 6.54 Å². The Bertz CT molecular complexity index is 404. The van der Waals surface area contributed by atoms with Crippen LogP contribution in [0.2, 0.25) is 0 Å². The summed E-state index contributed by atoms with van der Waals surface area (Å²) in [4.78, 5) is 14.2. The van der Waals surface area contributed by atoms with E-state index in [4.69, 9.17) is 5.73 Å². The van der Waals surface area contributed by atoms with Gasteiger partial charge in [0.15, 0.2) is 5.69 Å². The first-order chi connectivity index (χ1) is 9.29. The molecule has 106 valence electrons. The van der Waals surface area contributed by atoms with Gasteiger partial charge in [0, 0.05) is 44.2 Å². The molecule has 0 unspecified atom stereocenters. The highest BCUT2D eigenvalue weighted by molar-refractivity contribution is 7.99. The molecular weight excluding hydrogens is 264 g/mol. The van der Waals surface area contributed by atoms with Crippen molar-refractivity contribution in [3.05, 3.63) is 11.9 Å². The molecule has 0 radical (unpaired) electrons. The predicted molar refractivity (Wildman–Crippen MR) is 75.2 cm³/mol. The van der Waals surface area contributed by atoms with Crippen LogP contribution in [0.3, 0.4) is 0 Å². The van der Waals surface area contributed by atoms with Gasteiger partial charge in [0.05, 0.1) is 12.7 Å². The van der Waals surface area contributed by atoms with Crippen LogP contribution >= 0.6 is 11.8 Å². The molecule has 1 aromatic rings. The van der Waals surface area contributed by atoms with Crippen LogP contribution in [0.15, 0.2) is 6.20 Å². The van der Waals surface area contributed by atoms with Crippen molar-refractivity contribution in [3.8, 4) is 0 Å². The zero-order valence-electron chi connectivity index (χ0n) is 10.9. The second-order valence-electron chi connectivity index (χ2n) is 4.37. The normalized spacial score (nSPS) is 16.5. The molecule has 1 amide bonds. The number of aromatic nitrogens is 3. The topological polar surface area (TPSA) is 89.1 Å². The maximum atomic E-state index is 11.8. The van der Waals surface area contributed by atoms with Gasteiger partial charge in [-0.25, -0.2) is 0 Å². The lowest BCUT2D eigenvalue weighted by molar-refractivity contribution is 0.0944. The van der Waals surface area contributed by atoms with E-state index in [1.165, 1.54) is 11.5 Å². The monoisotopic (exact) mass is 284 g/mol. The lowest BCUT2D eigenvalue weighted by Gasteiger charge is -2.25. The molecule has 0 saturated carbocycles. The molecule has 0 aliphatic carbocycles. The molecule has 1 aliphatic rings. The molecular formula is C11H20N6OS. The molecule has 0 atom stereocenters. The summed E-state index contributed by atoms with van der Waals surface area (Å²) in [6.07, 6.45) is 1.62.